The molecule has 5 atom stereocenters. The molecule has 0 aromatic carbocycles. The van der Waals surface area contributed by atoms with Crippen molar-refractivity contribution in [3.63, 3.8) is 0 Å². The lowest BCUT2D eigenvalue weighted by atomic mass is 9.84. The van der Waals surface area contributed by atoms with Crippen LogP contribution >= 0.6 is 0 Å². The number of aliphatic hydroxyl groups is 1. The summed E-state index contributed by atoms with van der Waals surface area (Å²) in [4.78, 5) is 0. The van der Waals surface area contributed by atoms with Crippen molar-refractivity contribution in [2.24, 2.45) is 17.8 Å². The molecular formula is C14H24O4. The fraction of sp³-hybridized carbons (Fsp3) is 0.857. The molecule has 1 aliphatic carbocycles. The van der Waals surface area contributed by atoms with Gasteiger partial charge in [0, 0.05) is 12.5 Å². The molecule has 0 spiro atoms. The third kappa shape index (κ3) is 2.71. The Morgan fingerprint density at radius 1 is 1.50 bits per heavy atom. The molecule has 1 aliphatic heterocycles. The Kier molecular flexibility index (Phi) is 4.65. The van der Waals surface area contributed by atoms with Crippen LogP contribution in [-0.4, -0.2) is 30.9 Å². The summed E-state index contributed by atoms with van der Waals surface area (Å²) in [7, 11) is 0. The van der Waals surface area contributed by atoms with E-state index >= 15 is 0 Å². The largest absolute Gasteiger partial charge is 0.472 e. The Bertz CT molecular complexity index is 302. The number of rotatable bonds is 5. The second kappa shape index (κ2) is 6.04. The summed E-state index contributed by atoms with van der Waals surface area (Å²) in [6, 6.07) is 0. The molecule has 4 heteroatoms. The van der Waals surface area contributed by atoms with Gasteiger partial charge in [-0.25, -0.2) is 0 Å². The van der Waals surface area contributed by atoms with E-state index in [1.165, 1.54) is 6.42 Å². The van der Waals surface area contributed by atoms with Gasteiger partial charge in [-0.1, -0.05) is 6.92 Å². The maximum absolute atomic E-state index is 9.36. The Morgan fingerprint density at radius 2 is 2.28 bits per heavy atom. The molecule has 0 bridgehead atoms. The molecule has 2 aliphatic rings. The number of aliphatic hydroxyl groups excluding tert-OH is 1. The van der Waals surface area contributed by atoms with Crippen LogP contribution in [-0.2, 0) is 14.2 Å². The number of ether oxygens (including phenoxy) is 3. The zero-order valence-corrected chi connectivity index (χ0v) is 11.5. The van der Waals surface area contributed by atoms with Crippen molar-refractivity contribution in [3.05, 3.63) is 11.8 Å². The number of fused-ring (bicyclic) bond motifs is 1. The van der Waals surface area contributed by atoms with Crippen LogP contribution in [0, 0.1) is 17.8 Å². The molecule has 4 unspecified atom stereocenters. The van der Waals surface area contributed by atoms with E-state index in [0.29, 0.717) is 24.4 Å². The van der Waals surface area contributed by atoms with Gasteiger partial charge in [0.05, 0.1) is 12.9 Å². The van der Waals surface area contributed by atoms with Crippen molar-refractivity contribution >= 4 is 0 Å². The van der Waals surface area contributed by atoms with Crippen LogP contribution in [0.5, 0.6) is 0 Å². The van der Waals surface area contributed by atoms with Crippen molar-refractivity contribution in [3.8, 4) is 0 Å². The van der Waals surface area contributed by atoms with Gasteiger partial charge in [0.15, 0.2) is 6.29 Å². The van der Waals surface area contributed by atoms with Crippen LogP contribution in [0.2, 0.25) is 0 Å². The Labute approximate surface area is 109 Å². The monoisotopic (exact) mass is 256 g/mol. The summed E-state index contributed by atoms with van der Waals surface area (Å²) >= 11 is 0. The van der Waals surface area contributed by atoms with E-state index in [0.717, 1.165) is 12.0 Å². The molecule has 104 valence electrons. The van der Waals surface area contributed by atoms with Gasteiger partial charge in [-0.05, 0) is 44.1 Å². The van der Waals surface area contributed by atoms with Crippen LogP contribution in [0.3, 0.4) is 0 Å². The first-order valence-corrected chi connectivity index (χ1v) is 6.89. The number of hydrogen-bond acceptors (Lipinski definition) is 4. The highest BCUT2D eigenvalue weighted by Crippen LogP contribution is 2.46. The molecule has 0 radical (unpaired) electrons. The fourth-order valence-electron chi connectivity index (χ4n) is 3.19. The van der Waals surface area contributed by atoms with Gasteiger partial charge in [0.1, 0.15) is 0 Å². The second-order valence-electron chi connectivity index (χ2n) is 5.25. The van der Waals surface area contributed by atoms with Gasteiger partial charge in [-0.15, -0.1) is 0 Å². The molecule has 0 saturated heterocycles. The molecule has 0 amide bonds. The molecule has 0 aromatic heterocycles. The lowest BCUT2D eigenvalue weighted by Crippen LogP contribution is -2.39. The molecule has 1 saturated carbocycles. The van der Waals surface area contributed by atoms with E-state index in [4.69, 9.17) is 14.2 Å². The number of hydrogen-bond donors (Lipinski definition) is 1. The van der Waals surface area contributed by atoms with Crippen molar-refractivity contribution in [2.45, 2.75) is 46.2 Å². The molecule has 1 fully saturated rings. The molecular weight excluding hydrogens is 232 g/mol. The molecule has 0 aromatic rings. The third-order valence-electron chi connectivity index (χ3n) is 4.11. The summed E-state index contributed by atoms with van der Waals surface area (Å²) in [5, 5.41) is 9.36. The van der Waals surface area contributed by atoms with Crippen molar-refractivity contribution in [2.75, 3.05) is 13.2 Å². The Morgan fingerprint density at radius 3 is 2.94 bits per heavy atom. The Hall–Kier alpha value is -0.580. The van der Waals surface area contributed by atoms with Gasteiger partial charge in [0.2, 0.25) is 6.29 Å². The van der Waals surface area contributed by atoms with E-state index in [1.807, 2.05) is 13.8 Å². The summed E-state index contributed by atoms with van der Waals surface area (Å²) in [6.07, 6.45) is 3.47. The molecule has 1 heterocycles. The lowest BCUT2D eigenvalue weighted by Gasteiger charge is -2.36. The third-order valence-corrected chi connectivity index (χ3v) is 4.11. The highest BCUT2D eigenvalue weighted by Gasteiger charge is 2.45. The summed E-state index contributed by atoms with van der Waals surface area (Å²) in [5.41, 5.74) is 1.01. The Balaban J connectivity index is 2.05. The quantitative estimate of drug-likeness (QED) is 0.767. The van der Waals surface area contributed by atoms with E-state index < -0.39 is 0 Å². The maximum atomic E-state index is 9.36. The maximum Gasteiger partial charge on any atom is 0.205 e. The normalized spacial score (nSPS) is 36.8. The van der Waals surface area contributed by atoms with E-state index in [-0.39, 0.29) is 19.2 Å². The SMILES string of the molecule is CCOC(C)OC1OC=C(CO)C2CCC(C)[C@@H]12. The predicted molar refractivity (Wildman–Crippen MR) is 67.6 cm³/mol. The van der Waals surface area contributed by atoms with Gasteiger partial charge >= 0.3 is 0 Å². The highest BCUT2D eigenvalue weighted by molar-refractivity contribution is 5.12. The zero-order valence-electron chi connectivity index (χ0n) is 11.5. The average Bonchev–Trinajstić information content (AvgIpc) is 2.73. The van der Waals surface area contributed by atoms with Crippen LogP contribution in [0.15, 0.2) is 11.8 Å². The topological polar surface area (TPSA) is 47.9 Å². The fourth-order valence-corrected chi connectivity index (χ4v) is 3.19. The van der Waals surface area contributed by atoms with E-state index in [1.54, 1.807) is 6.26 Å². The van der Waals surface area contributed by atoms with E-state index in [2.05, 4.69) is 6.92 Å². The summed E-state index contributed by atoms with van der Waals surface area (Å²) in [5.74, 6) is 1.29. The van der Waals surface area contributed by atoms with Crippen LogP contribution < -0.4 is 0 Å². The minimum Gasteiger partial charge on any atom is -0.472 e. The first-order valence-electron chi connectivity index (χ1n) is 6.89. The lowest BCUT2D eigenvalue weighted by molar-refractivity contribution is -0.250. The standard InChI is InChI=1S/C14H24O4/c1-4-16-10(3)18-14-13-9(2)5-6-12(13)11(7-15)8-17-14/h8-10,12-15H,4-7H2,1-3H3/t9?,10?,12?,13-,14?/m1/s1. The molecule has 18 heavy (non-hydrogen) atoms. The predicted octanol–water partition coefficient (Wildman–Crippen LogP) is 2.28. The summed E-state index contributed by atoms with van der Waals surface area (Å²) < 4.78 is 16.9. The van der Waals surface area contributed by atoms with Crippen LogP contribution in [0.1, 0.15) is 33.6 Å². The smallest absolute Gasteiger partial charge is 0.205 e. The van der Waals surface area contributed by atoms with Gasteiger partial charge in [0.25, 0.3) is 0 Å². The first-order chi connectivity index (χ1) is 8.67. The minimum atomic E-state index is -0.252. The van der Waals surface area contributed by atoms with Crippen molar-refractivity contribution in [1.82, 2.24) is 0 Å². The van der Waals surface area contributed by atoms with Gasteiger partial charge in [-0.3, -0.25) is 0 Å². The van der Waals surface area contributed by atoms with Gasteiger partial charge in [-0.2, -0.15) is 0 Å². The van der Waals surface area contributed by atoms with Crippen molar-refractivity contribution < 1.29 is 19.3 Å². The van der Waals surface area contributed by atoms with Crippen LogP contribution in [0.4, 0.5) is 0 Å². The molecule has 1 N–H and O–H groups in total. The highest BCUT2D eigenvalue weighted by atomic mass is 16.8. The average molecular weight is 256 g/mol. The van der Waals surface area contributed by atoms with Crippen LogP contribution in [0.25, 0.3) is 0 Å². The molecule has 4 nitrogen and oxygen atoms in total. The van der Waals surface area contributed by atoms with Gasteiger partial charge < -0.3 is 19.3 Å². The van der Waals surface area contributed by atoms with Crippen molar-refractivity contribution in [1.29, 1.82) is 0 Å². The zero-order chi connectivity index (χ0) is 13.1. The summed E-state index contributed by atoms with van der Waals surface area (Å²) in [6.45, 7) is 6.80. The second-order valence-corrected chi connectivity index (χ2v) is 5.25. The minimum absolute atomic E-state index is 0.0849. The first kappa shape index (κ1) is 13.8. The van der Waals surface area contributed by atoms with E-state index in [9.17, 15) is 5.11 Å². The molecule has 2 rings (SSSR count).